The monoisotopic (exact) mass is 310 g/mol. The number of rotatable bonds is 3. The van der Waals surface area contributed by atoms with Gasteiger partial charge in [0, 0.05) is 5.39 Å². The van der Waals surface area contributed by atoms with E-state index in [4.69, 9.17) is 4.52 Å². The molecule has 3 heterocycles. The Hall–Kier alpha value is -2.80. The number of para-hydroxylation sites is 1. The Kier molecular flexibility index (Phi) is 3.05. The Morgan fingerprint density at radius 2 is 2.09 bits per heavy atom. The Balaban J connectivity index is 1.73. The maximum absolute atomic E-state index is 11.8. The van der Waals surface area contributed by atoms with Crippen LogP contribution in [0.3, 0.4) is 0 Å². The highest BCUT2D eigenvalue weighted by Crippen LogP contribution is 2.21. The van der Waals surface area contributed by atoms with Crippen LogP contribution in [0, 0.1) is 0 Å². The first-order valence-electron chi connectivity index (χ1n) is 6.62. The van der Waals surface area contributed by atoms with Crippen LogP contribution in [0.4, 0.5) is 0 Å². The Morgan fingerprint density at radius 1 is 1.18 bits per heavy atom. The van der Waals surface area contributed by atoms with Gasteiger partial charge in [-0.05, 0) is 23.6 Å². The number of nitrogens with zero attached hydrogens (tertiary/aromatic N) is 4. The highest BCUT2D eigenvalue weighted by atomic mass is 32.1. The highest BCUT2D eigenvalue weighted by Gasteiger charge is 2.11. The van der Waals surface area contributed by atoms with Crippen molar-refractivity contribution in [1.82, 2.24) is 19.9 Å². The Labute approximate surface area is 128 Å². The van der Waals surface area contributed by atoms with Crippen molar-refractivity contribution in [2.24, 2.45) is 0 Å². The third-order valence-corrected chi connectivity index (χ3v) is 4.12. The Bertz CT molecular complexity index is 988. The quantitative estimate of drug-likeness (QED) is 0.581. The van der Waals surface area contributed by atoms with Crippen molar-refractivity contribution in [3.8, 4) is 10.7 Å². The summed E-state index contributed by atoms with van der Waals surface area (Å²) in [5.41, 5.74) is 0.641. The van der Waals surface area contributed by atoms with Crippen molar-refractivity contribution in [1.29, 1.82) is 0 Å². The van der Waals surface area contributed by atoms with Gasteiger partial charge in [0.2, 0.25) is 17.1 Å². The van der Waals surface area contributed by atoms with Gasteiger partial charge in [-0.15, -0.1) is 11.3 Å². The molecule has 4 rings (SSSR count). The first kappa shape index (κ1) is 12.9. The lowest BCUT2D eigenvalue weighted by atomic mass is 10.2. The molecule has 22 heavy (non-hydrogen) atoms. The average Bonchev–Trinajstić information content (AvgIpc) is 3.21. The van der Waals surface area contributed by atoms with Crippen LogP contribution in [0.2, 0.25) is 0 Å². The maximum atomic E-state index is 11.8. The molecular weight excluding hydrogens is 300 g/mol. The summed E-state index contributed by atoms with van der Waals surface area (Å²) >= 11 is 1.55. The number of hydrogen-bond donors (Lipinski definition) is 0. The smallest absolute Gasteiger partial charge is 0.248 e. The molecule has 4 aromatic rings. The maximum Gasteiger partial charge on any atom is 0.248 e. The Morgan fingerprint density at radius 3 is 2.95 bits per heavy atom. The summed E-state index contributed by atoms with van der Waals surface area (Å²) in [4.78, 5) is 17.1. The molecule has 0 atom stereocenters. The van der Waals surface area contributed by atoms with E-state index in [1.54, 1.807) is 22.1 Å². The standard InChI is InChI=1S/C15H10N4O2S/c20-12-8-16-19(11-5-2-1-4-10(11)12)9-14-17-15(18-21-14)13-6-3-7-22-13/h1-8H,9H2. The number of benzene rings is 1. The van der Waals surface area contributed by atoms with Gasteiger partial charge in [0.05, 0.1) is 16.6 Å². The molecule has 0 unspecified atom stereocenters. The number of thiophene rings is 1. The molecule has 0 amide bonds. The molecule has 0 radical (unpaired) electrons. The van der Waals surface area contributed by atoms with Gasteiger partial charge in [-0.3, -0.25) is 9.48 Å². The van der Waals surface area contributed by atoms with E-state index in [1.165, 1.54) is 6.20 Å². The lowest BCUT2D eigenvalue weighted by Gasteiger charge is -2.05. The largest absolute Gasteiger partial charge is 0.337 e. The van der Waals surface area contributed by atoms with Gasteiger partial charge < -0.3 is 4.52 Å². The predicted octanol–water partition coefficient (Wildman–Crippen LogP) is 2.56. The van der Waals surface area contributed by atoms with Gasteiger partial charge in [-0.25, -0.2) is 0 Å². The average molecular weight is 310 g/mol. The molecule has 6 nitrogen and oxygen atoms in total. The SMILES string of the molecule is O=c1cnn(Cc2nc(-c3cccs3)no2)c2ccccc12. The molecule has 1 aromatic carbocycles. The summed E-state index contributed by atoms with van der Waals surface area (Å²) in [7, 11) is 0. The first-order chi connectivity index (χ1) is 10.8. The van der Waals surface area contributed by atoms with Crippen LogP contribution in [-0.2, 0) is 6.54 Å². The molecule has 0 aliphatic heterocycles. The second-order valence-corrected chi connectivity index (χ2v) is 5.62. The summed E-state index contributed by atoms with van der Waals surface area (Å²) in [6.07, 6.45) is 1.30. The van der Waals surface area contributed by atoms with Crippen LogP contribution in [0.25, 0.3) is 21.6 Å². The van der Waals surface area contributed by atoms with Crippen molar-refractivity contribution in [2.75, 3.05) is 0 Å². The summed E-state index contributed by atoms with van der Waals surface area (Å²) in [5.74, 6) is 1.01. The highest BCUT2D eigenvalue weighted by molar-refractivity contribution is 7.13. The van der Waals surface area contributed by atoms with E-state index in [0.29, 0.717) is 23.6 Å². The minimum atomic E-state index is -0.100. The third kappa shape index (κ3) is 2.21. The van der Waals surface area contributed by atoms with E-state index in [0.717, 1.165) is 10.4 Å². The molecule has 0 saturated heterocycles. The number of hydrogen-bond acceptors (Lipinski definition) is 6. The lowest BCUT2D eigenvalue weighted by Crippen LogP contribution is -2.13. The first-order valence-corrected chi connectivity index (χ1v) is 7.50. The molecular formula is C15H10N4O2S. The molecule has 0 N–H and O–H groups in total. The molecule has 0 aliphatic carbocycles. The summed E-state index contributed by atoms with van der Waals surface area (Å²) in [6, 6.07) is 11.2. The zero-order chi connectivity index (χ0) is 14.9. The van der Waals surface area contributed by atoms with Gasteiger partial charge >= 0.3 is 0 Å². The van der Waals surface area contributed by atoms with Gasteiger partial charge in [0.15, 0.2) is 0 Å². The summed E-state index contributed by atoms with van der Waals surface area (Å²) < 4.78 is 6.96. The molecule has 3 aromatic heterocycles. The van der Waals surface area contributed by atoms with E-state index >= 15 is 0 Å². The lowest BCUT2D eigenvalue weighted by molar-refractivity contribution is 0.367. The number of fused-ring (bicyclic) bond motifs is 1. The topological polar surface area (TPSA) is 73.8 Å². The predicted molar refractivity (Wildman–Crippen MR) is 82.7 cm³/mol. The van der Waals surface area contributed by atoms with Crippen molar-refractivity contribution >= 4 is 22.2 Å². The fourth-order valence-corrected chi connectivity index (χ4v) is 2.89. The number of aromatic nitrogens is 4. The van der Waals surface area contributed by atoms with Crippen molar-refractivity contribution in [2.45, 2.75) is 6.54 Å². The molecule has 0 bridgehead atoms. The second kappa shape index (κ2) is 5.19. The van der Waals surface area contributed by atoms with E-state index in [1.807, 2.05) is 35.7 Å². The zero-order valence-corrected chi connectivity index (χ0v) is 12.2. The van der Waals surface area contributed by atoms with Crippen LogP contribution < -0.4 is 5.43 Å². The normalized spacial score (nSPS) is 11.1. The van der Waals surface area contributed by atoms with Crippen LogP contribution in [0.5, 0.6) is 0 Å². The van der Waals surface area contributed by atoms with Crippen molar-refractivity contribution in [3.63, 3.8) is 0 Å². The molecule has 108 valence electrons. The summed E-state index contributed by atoms with van der Waals surface area (Å²) in [6.45, 7) is 0.319. The van der Waals surface area contributed by atoms with Crippen LogP contribution in [-0.4, -0.2) is 19.9 Å². The van der Waals surface area contributed by atoms with Crippen LogP contribution >= 0.6 is 11.3 Å². The molecule has 0 spiro atoms. The fourth-order valence-electron chi connectivity index (χ4n) is 2.24. The summed E-state index contributed by atoms with van der Waals surface area (Å²) in [5, 5.41) is 10.7. The van der Waals surface area contributed by atoms with Crippen molar-refractivity contribution in [3.05, 3.63) is 64.1 Å². The van der Waals surface area contributed by atoms with Crippen LogP contribution in [0.1, 0.15) is 5.89 Å². The van der Waals surface area contributed by atoms with E-state index < -0.39 is 0 Å². The molecule has 0 aliphatic rings. The van der Waals surface area contributed by atoms with E-state index in [9.17, 15) is 4.79 Å². The van der Waals surface area contributed by atoms with Gasteiger partial charge in [-0.1, -0.05) is 23.4 Å². The minimum absolute atomic E-state index is 0.100. The third-order valence-electron chi connectivity index (χ3n) is 3.26. The van der Waals surface area contributed by atoms with E-state index in [2.05, 4.69) is 15.2 Å². The molecule has 0 fully saturated rings. The van der Waals surface area contributed by atoms with Gasteiger partial charge in [0.1, 0.15) is 6.54 Å². The fraction of sp³-hybridized carbons (Fsp3) is 0.0667. The minimum Gasteiger partial charge on any atom is -0.337 e. The van der Waals surface area contributed by atoms with Crippen LogP contribution in [0.15, 0.2) is 57.3 Å². The molecule has 7 heteroatoms. The van der Waals surface area contributed by atoms with Gasteiger partial charge in [-0.2, -0.15) is 10.1 Å². The van der Waals surface area contributed by atoms with Gasteiger partial charge in [0.25, 0.3) is 0 Å². The van der Waals surface area contributed by atoms with Crippen molar-refractivity contribution < 1.29 is 4.52 Å². The second-order valence-electron chi connectivity index (χ2n) is 4.67. The molecule has 0 saturated carbocycles. The van der Waals surface area contributed by atoms with E-state index in [-0.39, 0.29) is 5.43 Å². The zero-order valence-electron chi connectivity index (χ0n) is 11.3.